The minimum absolute atomic E-state index is 1.25. The van der Waals surface area contributed by atoms with Crippen molar-refractivity contribution < 1.29 is 0 Å². The van der Waals surface area contributed by atoms with E-state index >= 15 is 0 Å². The molecule has 84 valence electrons. The van der Waals surface area contributed by atoms with Crippen molar-refractivity contribution in [2.24, 2.45) is 0 Å². The normalized spacial score (nSPS) is 15.1. The molecule has 1 fully saturated rings. The number of hydrogen-bond acceptors (Lipinski definition) is 1. The molecule has 0 aromatic heterocycles. The summed E-state index contributed by atoms with van der Waals surface area (Å²) in [5.41, 5.74) is 1.25. The lowest BCUT2D eigenvalue weighted by Gasteiger charge is -2.10. The Bertz CT molecular complexity index is 225. The maximum absolute atomic E-state index is 2.08. The van der Waals surface area contributed by atoms with E-state index in [2.05, 4.69) is 17.0 Å². The third-order valence-electron chi connectivity index (χ3n) is 2.77. The number of anilines is 1. The molecule has 0 spiro atoms. The Kier molecular flexibility index (Phi) is 5.91. The summed E-state index contributed by atoms with van der Waals surface area (Å²) in [4.78, 5) is 2.08. The summed E-state index contributed by atoms with van der Waals surface area (Å²) in [7, 11) is 4.07. The fourth-order valence-corrected chi connectivity index (χ4v) is 1.79. The summed E-state index contributed by atoms with van der Waals surface area (Å²) < 4.78 is 0. The van der Waals surface area contributed by atoms with Crippen molar-refractivity contribution in [2.45, 2.75) is 38.5 Å². The first-order chi connectivity index (χ1) is 7.30. The van der Waals surface area contributed by atoms with E-state index in [-0.39, 0.29) is 0 Å². The molecule has 15 heavy (non-hydrogen) atoms. The van der Waals surface area contributed by atoms with Crippen LogP contribution in [0.1, 0.15) is 38.5 Å². The molecule has 1 aliphatic carbocycles. The van der Waals surface area contributed by atoms with E-state index in [9.17, 15) is 0 Å². The number of benzene rings is 1. The quantitative estimate of drug-likeness (QED) is 0.667. The van der Waals surface area contributed by atoms with Crippen LogP contribution in [0.5, 0.6) is 0 Å². The molecular weight excluding hydrogens is 182 g/mol. The van der Waals surface area contributed by atoms with Crippen LogP contribution in [-0.4, -0.2) is 14.1 Å². The first kappa shape index (κ1) is 12.1. The first-order valence-electron chi connectivity index (χ1n) is 6.03. The van der Waals surface area contributed by atoms with Gasteiger partial charge >= 0.3 is 0 Å². The zero-order valence-electron chi connectivity index (χ0n) is 10.1. The average molecular weight is 205 g/mol. The van der Waals surface area contributed by atoms with Gasteiger partial charge in [-0.2, -0.15) is 0 Å². The van der Waals surface area contributed by atoms with Gasteiger partial charge in [-0.25, -0.2) is 0 Å². The van der Waals surface area contributed by atoms with Crippen LogP contribution in [-0.2, 0) is 0 Å². The monoisotopic (exact) mass is 205 g/mol. The molecule has 1 nitrogen and oxygen atoms in total. The number of rotatable bonds is 1. The zero-order chi connectivity index (χ0) is 10.9. The van der Waals surface area contributed by atoms with Crippen LogP contribution in [0.2, 0.25) is 0 Å². The summed E-state index contributed by atoms with van der Waals surface area (Å²) in [5, 5.41) is 0. The Morgan fingerprint density at radius 1 is 0.733 bits per heavy atom. The molecule has 1 aliphatic rings. The van der Waals surface area contributed by atoms with Gasteiger partial charge in [0.25, 0.3) is 0 Å². The van der Waals surface area contributed by atoms with Crippen molar-refractivity contribution in [3.05, 3.63) is 30.3 Å². The van der Waals surface area contributed by atoms with Crippen molar-refractivity contribution in [3.8, 4) is 0 Å². The second-order valence-electron chi connectivity index (χ2n) is 4.35. The van der Waals surface area contributed by atoms with Gasteiger partial charge in [-0.05, 0) is 12.1 Å². The molecule has 1 aromatic rings. The molecule has 0 amide bonds. The molecular formula is C14H23N. The highest BCUT2D eigenvalue weighted by Gasteiger charge is 1.95. The van der Waals surface area contributed by atoms with Gasteiger partial charge < -0.3 is 4.90 Å². The van der Waals surface area contributed by atoms with Gasteiger partial charge in [0, 0.05) is 19.8 Å². The third-order valence-corrected chi connectivity index (χ3v) is 2.77. The van der Waals surface area contributed by atoms with Gasteiger partial charge in [-0.3, -0.25) is 0 Å². The van der Waals surface area contributed by atoms with E-state index in [1.54, 1.807) is 0 Å². The van der Waals surface area contributed by atoms with Gasteiger partial charge in [0.2, 0.25) is 0 Å². The Hall–Kier alpha value is -0.980. The molecule has 1 saturated carbocycles. The van der Waals surface area contributed by atoms with E-state index in [0.29, 0.717) is 0 Å². The summed E-state index contributed by atoms with van der Waals surface area (Å²) in [5.74, 6) is 0. The number of nitrogens with zero attached hydrogens (tertiary/aromatic N) is 1. The lowest BCUT2D eigenvalue weighted by Crippen LogP contribution is -2.07. The highest BCUT2D eigenvalue weighted by atomic mass is 15.1. The number of hydrogen-bond donors (Lipinski definition) is 0. The Balaban J connectivity index is 0.000000162. The Morgan fingerprint density at radius 2 is 1.13 bits per heavy atom. The first-order valence-corrected chi connectivity index (χ1v) is 6.03. The molecule has 1 aromatic carbocycles. The molecule has 0 atom stereocenters. The van der Waals surface area contributed by atoms with E-state index in [1.807, 2.05) is 32.3 Å². The van der Waals surface area contributed by atoms with Crippen LogP contribution in [0.3, 0.4) is 0 Å². The van der Waals surface area contributed by atoms with E-state index in [1.165, 1.54) is 44.2 Å². The van der Waals surface area contributed by atoms with Gasteiger partial charge in [-0.1, -0.05) is 56.7 Å². The van der Waals surface area contributed by atoms with Crippen LogP contribution in [0.15, 0.2) is 30.3 Å². The second-order valence-corrected chi connectivity index (χ2v) is 4.35. The average Bonchev–Trinajstić information content (AvgIpc) is 2.33. The molecule has 0 aliphatic heterocycles. The van der Waals surface area contributed by atoms with Crippen LogP contribution >= 0.6 is 0 Å². The van der Waals surface area contributed by atoms with E-state index in [0.717, 1.165) is 0 Å². The molecule has 0 N–H and O–H groups in total. The molecule has 1 heteroatoms. The molecule has 0 radical (unpaired) electrons. The van der Waals surface area contributed by atoms with Crippen LogP contribution < -0.4 is 4.90 Å². The van der Waals surface area contributed by atoms with Gasteiger partial charge in [0.1, 0.15) is 0 Å². The summed E-state index contributed by atoms with van der Waals surface area (Å²) >= 11 is 0. The van der Waals surface area contributed by atoms with E-state index < -0.39 is 0 Å². The van der Waals surface area contributed by atoms with Crippen LogP contribution in [0.4, 0.5) is 5.69 Å². The fraction of sp³-hybridized carbons (Fsp3) is 0.571. The Morgan fingerprint density at radius 3 is 1.40 bits per heavy atom. The van der Waals surface area contributed by atoms with Gasteiger partial charge in [0.05, 0.1) is 0 Å². The third kappa shape index (κ3) is 5.46. The summed E-state index contributed by atoms with van der Waals surface area (Å²) in [6.45, 7) is 0. The van der Waals surface area contributed by atoms with Crippen molar-refractivity contribution >= 4 is 5.69 Å². The SMILES string of the molecule is C1CCCCC1.CN(C)c1ccccc1. The van der Waals surface area contributed by atoms with Crippen molar-refractivity contribution in [2.75, 3.05) is 19.0 Å². The highest BCUT2D eigenvalue weighted by Crippen LogP contribution is 2.15. The molecule has 2 rings (SSSR count). The fourth-order valence-electron chi connectivity index (χ4n) is 1.79. The van der Waals surface area contributed by atoms with Gasteiger partial charge in [-0.15, -0.1) is 0 Å². The molecule has 0 bridgehead atoms. The lowest BCUT2D eigenvalue weighted by atomic mass is 10.0. The standard InChI is InChI=1S/C8H11N.C6H12/c1-9(2)8-6-4-3-5-7-8;1-2-4-6-5-3-1/h3-7H,1-2H3;1-6H2. The summed E-state index contributed by atoms with van der Waals surface area (Å²) in [6, 6.07) is 10.3. The molecule has 0 heterocycles. The van der Waals surface area contributed by atoms with Crippen molar-refractivity contribution in [1.82, 2.24) is 0 Å². The molecule has 0 saturated heterocycles. The topological polar surface area (TPSA) is 3.24 Å². The van der Waals surface area contributed by atoms with Crippen LogP contribution in [0.25, 0.3) is 0 Å². The Labute approximate surface area is 94.1 Å². The minimum Gasteiger partial charge on any atom is -0.378 e. The van der Waals surface area contributed by atoms with E-state index in [4.69, 9.17) is 0 Å². The predicted octanol–water partition coefficient (Wildman–Crippen LogP) is 4.09. The number of para-hydroxylation sites is 1. The van der Waals surface area contributed by atoms with Crippen molar-refractivity contribution in [1.29, 1.82) is 0 Å². The zero-order valence-corrected chi connectivity index (χ0v) is 10.1. The largest absolute Gasteiger partial charge is 0.378 e. The second kappa shape index (κ2) is 7.33. The van der Waals surface area contributed by atoms with Crippen LogP contribution in [0, 0.1) is 0 Å². The molecule has 0 unspecified atom stereocenters. The van der Waals surface area contributed by atoms with Gasteiger partial charge in [0.15, 0.2) is 0 Å². The maximum atomic E-state index is 2.08. The smallest absolute Gasteiger partial charge is 0.0360 e. The minimum atomic E-state index is 1.25. The predicted molar refractivity (Wildman–Crippen MR) is 68.5 cm³/mol. The highest BCUT2D eigenvalue weighted by molar-refractivity contribution is 5.43. The lowest BCUT2D eigenvalue weighted by molar-refractivity contribution is 0.504. The maximum Gasteiger partial charge on any atom is 0.0360 e. The van der Waals surface area contributed by atoms with Crippen molar-refractivity contribution in [3.63, 3.8) is 0 Å². The summed E-state index contributed by atoms with van der Waals surface area (Å²) in [6.07, 6.45) is 9.00.